The van der Waals surface area contributed by atoms with Gasteiger partial charge in [-0.3, -0.25) is 14.5 Å². The smallest absolute Gasteiger partial charge is 0.259 e. The first kappa shape index (κ1) is 11.3. The largest absolute Gasteiger partial charge is 0.306 e. The number of hydrogen-bond acceptors (Lipinski definition) is 4. The van der Waals surface area contributed by atoms with E-state index >= 15 is 0 Å². The Kier molecular flexibility index (Phi) is 2.68. The van der Waals surface area contributed by atoms with E-state index in [4.69, 9.17) is 0 Å². The molecule has 3 aromatic rings. The molecule has 0 aromatic carbocycles. The lowest BCUT2D eigenvalue weighted by Crippen LogP contribution is -2.09. The first-order valence-electron chi connectivity index (χ1n) is 5.74. The zero-order valence-corrected chi connectivity index (χ0v) is 10.2. The highest BCUT2D eigenvalue weighted by Crippen LogP contribution is 2.06. The predicted octanol–water partition coefficient (Wildman–Crippen LogP) is 1.22. The molecule has 0 aliphatic rings. The fourth-order valence-electron chi connectivity index (χ4n) is 1.80. The third-order valence-electron chi connectivity index (χ3n) is 2.80. The van der Waals surface area contributed by atoms with Crippen LogP contribution in [0.25, 0.3) is 23.1 Å². The van der Waals surface area contributed by atoms with Gasteiger partial charge in [-0.25, -0.2) is 4.98 Å². The van der Waals surface area contributed by atoms with Crippen LogP contribution in [0.4, 0.5) is 0 Å². The molecule has 0 aliphatic carbocycles. The summed E-state index contributed by atoms with van der Waals surface area (Å²) in [6, 6.07) is 3.52. The third-order valence-corrected chi connectivity index (χ3v) is 2.80. The van der Waals surface area contributed by atoms with Crippen LogP contribution in [-0.2, 0) is 7.05 Å². The van der Waals surface area contributed by atoms with Gasteiger partial charge >= 0.3 is 0 Å². The average Bonchev–Trinajstić information content (AvgIpc) is 2.82. The maximum atomic E-state index is 11.9. The van der Waals surface area contributed by atoms with Gasteiger partial charge in [0.25, 0.3) is 5.56 Å². The van der Waals surface area contributed by atoms with Crippen LogP contribution in [0, 0.1) is 0 Å². The SMILES string of the molecule is Cn1nccc1/C=C/c1nc2cnccc2c(=O)[nH]1. The number of pyridine rings is 1. The summed E-state index contributed by atoms with van der Waals surface area (Å²) in [4.78, 5) is 22.9. The van der Waals surface area contributed by atoms with Crippen molar-refractivity contribution < 1.29 is 0 Å². The van der Waals surface area contributed by atoms with Crippen molar-refractivity contribution >= 4 is 23.1 Å². The molecule has 0 saturated carbocycles. The quantitative estimate of drug-likeness (QED) is 0.745. The minimum Gasteiger partial charge on any atom is -0.306 e. The van der Waals surface area contributed by atoms with Crippen LogP contribution in [0.5, 0.6) is 0 Å². The molecular weight excluding hydrogens is 242 g/mol. The molecule has 0 bridgehead atoms. The summed E-state index contributed by atoms with van der Waals surface area (Å²) in [6.45, 7) is 0. The molecule has 6 nitrogen and oxygen atoms in total. The van der Waals surface area contributed by atoms with Crippen molar-refractivity contribution in [3.63, 3.8) is 0 Å². The van der Waals surface area contributed by atoms with Crippen molar-refractivity contribution in [2.75, 3.05) is 0 Å². The zero-order chi connectivity index (χ0) is 13.2. The Morgan fingerprint density at radius 2 is 2.16 bits per heavy atom. The van der Waals surface area contributed by atoms with Crippen LogP contribution in [0.1, 0.15) is 11.5 Å². The van der Waals surface area contributed by atoms with Crippen molar-refractivity contribution in [1.29, 1.82) is 0 Å². The molecule has 94 valence electrons. The Labute approximate surface area is 108 Å². The van der Waals surface area contributed by atoms with Crippen LogP contribution in [0.15, 0.2) is 35.5 Å². The van der Waals surface area contributed by atoms with Gasteiger partial charge in [0.2, 0.25) is 0 Å². The molecule has 0 amide bonds. The van der Waals surface area contributed by atoms with E-state index in [0.717, 1.165) is 5.69 Å². The molecule has 0 atom stereocenters. The van der Waals surface area contributed by atoms with E-state index in [2.05, 4.69) is 20.1 Å². The maximum absolute atomic E-state index is 11.9. The van der Waals surface area contributed by atoms with E-state index in [1.807, 2.05) is 19.2 Å². The molecule has 0 fully saturated rings. The first-order chi connectivity index (χ1) is 9.24. The Balaban J connectivity index is 2.05. The fourth-order valence-corrected chi connectivity index (χ4v) is 1.80. The van der Waals surface area contributed by atoms with Crippen molar-refractivity contribution in [3.05, 3.63) is 52.6 Å². The molecule has 6 heteroatoms. The van der Waals surface area contributed by atoms with E-state index in [1.165, 1.54) is 0 Å². The van der Waals surface area contributed by atoms with Gasteiger partial charge < -0.3 is 4.98 Å². The van der Waals surface area contributed by atoms with Gasteiger partial charge in [0.1, 0.15) is 5.82 Å². The van der Waals surface area contributed by atoms with Gasteiger partial charge in [-0.1, -0.05) is 0 Å². The number of H-pyrrole nitrogens is 1. The molecule has 0 aliphatic heterocycles. The van der Waals surface area contributed by atoms with E-state index in [1.54, 1.807) is 35.4 Å². The second-order valence-corrected chi connectivity index (χ2v) is 4.06. The number of rotatable bonds is 2. The van der Waals surface area contributed by atoms with Gasteiger partial charge in [0.15, 0.2) is 0 Å². The molecule has 0 saturated heterocycles. The van der Waals surface area contributed by atoms with Crippen molar-refractivity contribution in [1.82, 2.24) is 24.7 Å². The number of nitrogens with zero attached hydrogens (tertiary/aromatic N) is 4. The Hall–Kier alpha value is -2.76. The second-order valence-electron chi connectivity index (χ2n) is 4.06. The van der Waals surface area contributed by atoms with Crippen molar-refractivity contribution in [3.8, 4) is 0 Å². The minimum atomic E-state index is -0.169. The topological polar surface area (TPSA) is 76.5 Å². The van der Waals surface area contributed by atoms with Crippen LogP contribution in [0.2, 0.25) is 0 Å². The summed E-state index contributed by atoms with van der Waals surface area (Å²) in [5.41, 5.74) is 1.34. The number of aryl methyl sites for hydroxylation is 1. The number of aromatic nitrogens is 5. The summed E-state index contributed by atoms with van der Waals surface area (Å²) >= 11 is 0. The van der Waals surface area contributed by atoms with Gasteiger partial charge in [-0.05, 0) is 24.3 Å². The first-order valence-corrected chi connectivity index (χ1v) is 5.74. The van der Waals surface area contributed by atoms with Crippen LogP contribution < -0.4 is 5.56 Å². The summed E-state index contributed by atoms with van der Waals surface area (Å²) in [5.74, 6) is 0.492. The number of aromatic amines is 1. The monoisotopic (exact) mass is 253 g/mol. The van der Waals surface area contributed by atoms with Gasteiger partial charge in [-0.15, -0.1) is 0 Å². The van der Waals surface area contributed by atoms with E-state index < -0.39 is 0 Å². The fraction of sp³-hybridized carbons (Fsp3) is 0.0769. The lowest BCUT2D eigenvalue weighted by molar-refractivity contribution is 0.760. The Bertz CT molecular complexity index is 815. The van der Waals surface area contributed by atoms with E-state index in [-0.39, 0.29) is 5.56 Å². The number of fused-ring (bicyclic) bond motifs is 1. The van der Waals surface area contributed by atoms with Crippen LogP contribution in [-0.4, -0.2) is 24.7 Å². The minimum absolute atomic E-state index is 0.169. The molecule has 3 aromatic heterocycles. The van der Waals surface area contributed by atoms with Gasteiger partial charge in [-0.2, -0.15) is 5.10 Å². The summed E-state index contributed by atoms with van der Waals surface area (Å²) in [5, 5.41) is 4.59. The highest BCUT2D eigenvalue weighted by molar-refractivity contribution is 5.77. The molecule has 0 unspecified atom stereocenters. The summed E-state index contributed by atoms with van der Waals surface area (Å²) in [6.07, 6.45) is 8.44. The highest BCUT2D eigenvalue weighted by atomic mass is 16.1. The van der Waals surface area contributed by atoms with Crippen LogP contribution >= 0.6 is 0 Å². The normalized spacial score (nSPS) is 11.4. The van der Waals surface area contributed by atoms with E-state index in [9.17, 15) is 4.79 Å². The number of hydrogen-bond donors (Lipinski definition) is 1. The van der Waals surface area contributed by atoms with Gasteiger partial charge in [0, 0.05) is 19.4 Å². The lowest BCUT2D eigenvalue weighted by Gasteiger charge is -1.98. The molecule has 3 heterocycles. The zero-order valence-electron chi connectivity index (χ0n) is 10.2. The Morgan fingerprint density at radius 1 is 1.26 bits per heavy atom. The molecule has 0 radical (unpaired) electrons. The van der Waals surface area contributed by atoms with Crippen molar-refractivity contribution in [2.45, 2.75) is 0 Å². The molecule has 0 spiro atoms. The van der Waals surface area contributed by atoms with Crippen LogP contribution in [0.3, 0.4) is 0 Å². The average molecular weight is 253 g/mol. The highest BCUT2D eigenvalue weighted by Gasteiger charge is 2.01. The molecule has 1 N–H and O–H groups in total. The summed E-state index contributed by atoms with van der Waals surface area (Å²) in [7, 11) is 1.85. The van der Waals surface area contributed by atoms with Crippen molar-refractivity contribution in [2.24, 2.45) is 7.05 Å². The number of nitrogens with one attached hydrogen (secondary N) is 1. The molecular formula is C13H11N5O. The summed E-state index contributed by atoms with van der Waals surface area (Å²) < 4.78 is 1.73. The lowest BCUT2D eigenvalue weighted by atomic mass is 10.3. The molecule has 19 heavy (non-hydrogen) atoms. The van der Waals surface area contributed by atoms with Gasteiger partial charge in [0.05, 0.1) is 22.8 Å². The maximum Gasteiger partial charge on any atom is 0.259 e. The second kappa shape index (κ2) is 4.49. The predicted molar refractivity (Wildman–Crippen MR) is 72.3 cm³/mol. The molecule has 3 rings (SSSR count). The third kappa shape index (κ3) is 2.15. The van der Waals surface area contributed by atoms with E-state index in [0.29, 0.717) is 16.7 Å². The Morgan fingerprint density at radius 3 is 2.95 bits per heavy atom. The standard InChI is InChI=1S/C13H11N5O/c1-18-9(4-7-15-18)2-3-12-16-11-8-14-6-5-10(11)13(19)17-12/h2-8H,1H3,(H,16,17,19)/b3-2+.